The Bertz CT molecular complexity index is 448. The molecule has 2 unspecified atom stereocenters. The lowest BCUT2D eigenvalue weighted by molar-refractivity contribution is -0.121. The molecule has 20 heavy (non-hydrogen) atoms. The van der Waals surface area contributed by atoms with E-state index in [9.17, 15) is 9.90 Å². The van der Waals surface area contributed by atoms with E-state index in [4.69, 9.17) is 5.73 Å². The van der Waals surface area contributed by atoms with E-state index in [1.54, 1.807) is 0 Å². The molecule has 2 rings (SSSR count). The number of anilines is 1. The Labute approximate surface area is 120 Å². The number of aliphatic hydroxyl groups excluding tert-OH is 1. The smallest absolute Gasteiger partial charge is 0.220 e. The van der Waals surface area contributed by atoms with Gasteiger partial charge >= 0.3 is 0 Å². The predicted molar refractivity (Wildman–Crippen MR) is 80.1 cm³/mol. The first-order valence-electron chi connectivity index (χ1n) is 7.45. The number of nitrogens with one attached hydrogen (secondary N) is 1. The number of carbonyl (C=O) groups excluding carboxylic acids is 1. The molecule has 1 aliphatic rings. The van der Waals surface area contributed by atoms with Crippen LogP contribution in [-0.2, 0) is 11.2 Å². The van der Waals surface area contributed by atoms with E-state index in [1.807, 2.05) is 24.3 Å². The van der Waals surface area contributed by atoms with Crippen molar-refractivity contribution >= 4 is 11.6 Å². The van der Waals surface area contributed by atoms with Crippen LogP contribution in [0.15, 0.2) is 24.3 Å². The molecule has 1 saturated carbocycles. The molecule has 0 aliphatic heterocycles. The maximum absolute atomic E-state index is 11.8. The maximum Gasteiger partial charge on any atom is 0.220 e. The van der Waals surface area contributed by atoms with Crippen LogP contribution < -0.4 is 11.1 Å². The predicted octanol–water partition coefficient (Wildman–Crippen LogP) is 1.87. The fraction of sp³-hybridized carbons (Fsp3) is 0.562. The minimum absolute atomic E-state index is 0.0334. The monoisotopic (exact) mass is 276 g/mol. The quantitative estimate of drug-likeness (QED) is 0.719. The zero-order chi connectivity index (χ0) is 14.4. The van der Waals surface area contributed by atoms with Gasteiger partial charge in [-0.15, -0.1) is 0 Å². The van der Waals surface area contributed by atoms with Crippen molar-refractivity contribution in [2.75, 3.05) is 12.3 Å². The number of benzene rings is 1. The summed E-state index contributed by atoms with van der Waals surface area (Å²) in [5, 5.41) is 12.8. The Kier molecular flexibility index (Phi) is 5.41. The largest absolute Gasteiger partial charge is 0.399 e. The summed E-state index contributed by atoms with van der Waals surface area (Å²) in [5.41, 5.74) is 7.60. The third kappa shape index (κ3) is 4.23. The molecular formula is C16H24N2O2. The third-order valence-corrected chi connectivity index (χ3v) is 4.11. The number of carbonyl (C=O) groups is 1. The fourth-order valence-electron chi connectivity index (χ4n) is 2.77. The van der Waals surface area contributed by atoms with Crippen molar-refractivity contribution in [1.82, 2.24) is 5.32 Å². The van der Waals surface area contributed by atoms with Crippen LogP contribution in [0.5, 0.6) is 0 Å². The lowest BCUT2D eigenvalue weighted by Gasteiger charge is -2.27. The Morgan fingerprint density at radius 1 is 1.30 bits per heavy atom. The lowest BCUT2D eigenvalue weighted by atomic mass is 9.86. The molecule has 0 spiro atoms. The van der Waals surface area contributed by atoms with E-state index in [0.29, 0.717) is 19.4 Å². The molecule has 0 radical (unpaired) electrons. The summed E-state index contributed by atoms with van der Waals surface area (Å²) in [6, 6.07) is 7.63. The molecule has 1 aromatic rings. The van der Waals surface area contributed by atoms with Crippen molar-refractivity contribution in [2.45, 2.75) is 44.6 Å². The van der Waals surface area contributed by atoms with Gasteiger partial charge in [0.1, 0.15) is 0 Å². The van der Waals surface area contributed by atoms with Crippen molar-refractivity contribution in [3.8, 4) is 0 Å². The highest BCUT2D eigenvalue weighted by molar-refractivity contribution is 5.76. The highest BCUT2D eigenvalue weighted by Crippen LogP contribution is 2.23. The topological polar surface area (TPSA) is 75.4 Å². The van der Waals surface area contributed by atoms with E-state index in [0.717, 1.165) is 36.9 Å². The van der Waals surface area contributed by atoms with Crippen LogP contribution in [0.25, 0.3) is 0 Å². The molecule has 1 amide bonds. The van der Waals surface area contributed by atoms with Crippen LogP contribution in [0, 0.1) is 5.92 Å². The molecule has 1 aliphatic carbocycles. The normalized spacial score (nSPS) is 22.4. The van der Waals surface area contributed by atoms with Gasteiger partial charge in [0.2, 0.25) is 5.91 Å². The molecule has 4 nitrogen and oxygen atoms in total. The number of amides is 1. The van der Waals surface area contributed by atoms with Gasteiger partial charge in [0.05, 0.1) is 6.10 Å². The molecular weight excluding hydrogens is 252 g/mol. The van der Waals surface area contributed by atoms with Crippen LogP contribution in [0.1, 0.15) is 37.7 Å². The van der Waals surface area contributed by atoms with Gasteiger partial charge in [0.15, 0.2) is 0 Å². The summed E-state index contributed by atoms with van der Waals surface area (Å²) in [5.74, 6) is 0.250. The van der Waals surface area contributed by atoms with Gasteiger partial charge in [-0.3, -0.25) is 4.79 Å². The lowest BCUT2D eigenvalue weighted by Crippen LogP contribution is -2.36. The first-order chi connectivity index (χ1) is 9.66. The van der Waals surface area contributed by atoms with Crippen molar-refractivity contribution in [3.63, 3.8) is 0 Å². The Morgan fingerprint density at radius 3 is 2.80 bits per heavy atom. The van der Waals surface area contributed by atoms with Crippen LogP contribution >= 0.6 is 0 Å². The molecule has 0 aromatic heterocycles. The van der Waals surface area contributed by atoms with Crippen molar-refractivity contribution in [2.24, 2.45) is 5.92 Å². The number of nitrogen functional groups attached to an aromatic ring is 1. The Hall–Kier alpha value is -1.55. The summed E-state index contributed by atoms with van der Waals surface area (Å²) in [7, 11) is 0. The van der Waals surface area contributed by atoms with Crippen LogP contribution in [0.2, 0.25) is 0 Å². The molecule has 0 saturated heterocycles. The summed E-state index contributed by atoms with van der Waals surface area (Å²) < 4.78 is 0. The summed E-state index contributed by atoms with van der Waals surface area (Å²) in [6.45, 7) is 0.588. The molecule has 110 valence electrons. The number of hydrogen-bond acceptors (Lipinski definition) is 3. The van der Waals surface area contributed by atoms with Gasteiger partial charge in [-0.05, 0) is 30.9 Å². The van der Waals surface area contributed by atoms with Gasteiger partial charge in [0, 0.05) is 24.6 Å². The molecule has 2 atom stereocenters. The summed E-state index contributed by atoms with van der Waals surface area (Å²) in [6.07, 6.45) is 4.96. The Balaban J connectivity index is 1.71. The van der Waals surface area contributed by atoms with Crippen molar-refractivity contribution in [1.29, 1.82) is 0 Å². The number of nitrogens with two attached hydrogens (primary N) is 1. The maximum atomic E-state index is 11.8. The van der Waals surface area contributed by atoms with E-state index in [2.05, 4.69) is 5.32 Å². The first-order valence-corrected chi connectivity index (χ1v) is 7.45. The van der Waals surface area contributed by atoms with Gasteiger partial charge in [-0.1, -0.05) is 31.0 Å². The molecule has 1 aromatic carbocycles. The van der Waals surface area contributed by atoms with Crippen molar-refractivity contribution < 1.29 is 9.90 Å². The minimum atomic E-state index is -0.256. The highest BCUT2D eigenvalue weighted by Gasteiger charge is 2.23. The van der Waals surface area contributed by atoms with Crippen LogP contribution in [-0.4, -0.2) is 23.7 Å². The van der Waals surface area contributed by atoms with Crippen LogP contribution in [0.4, 0.5) is 5.69 Å². The minimum Gasteiger partial charge on any atom is -0.399 e. The third-order valence-electron chi connectivity index (χ3n) is 4.11. The average molecular weight is 276 g/mol. The van der Waals surface area contributed by atoms with Crippen molar-refractivity contribution in [3.05, 3.63) is 29.8 Å². The van der Waals surface area contributed by atoms with E-state index >= 15 is 0 Å². The van der Waals surface area contributed by atoms with Gasteiger partial charge in [-0.2, -0.15) is 0 Å². The number of hydrogen-bond donors (Lipinski definition) is 3. The van der Waals surface area contributed by atoms with E-state index in [-0.39, 0.29) is 17.9 Å². The summed E-state index contributed by atoms with van der Waals surface area (Å²) >= 11 is 0. The number of aliphatic hydroxyl groups is 1. The van der Waals surface area contributed by atoms with E-state index in [1.165, 1.54) is 0 Å². The molecule has 0 bridgehead atoms. The van der Waals surface area contributed by atoms with Gasteiger partial charge in [0.25, 0.3) is 0 Å². The average Bonchev–Trinajstić information content (AvgIpc) is 2.45. The molecule has 0 heterocycles. The molecule has 4 heteroatoms. The van der Waals surface area contributed by atoms with Crippen LogP contribution in [0.3, 0.4) is 0 Å². The molecule has 4 N–H and O–H groups in total. The van der Waals surface area contributed by atoms with Gasteiger partial charge in [-0.25, -0.2) is 0 Å². The standard InChI is InChI=1S/C16H24N2O2/c17-14-7-3-1-5-12(14)9-10-16(20)18-11-13-6-2-4-8-15(13)19/h1,3,5,7,13,15,19H,2,4,6,8-11,17H2,(H,18,20). The highest BCUT2D eigenvalue weighted by atomic mass is 16.3. The number of rotatable bonds is 5. The second-order valence-electron chi connectivity index (χ2n) is 5.61. The first kappa shape index (κ1) is 14.9. The van der Waals surface area contributed by atoms with E-state index < -0.39 is 0 Å². The Morgan fingerprint density at radius 2 is 2.05 bits per heavy atom. The second kappa shape index (κ2) is 7.29. The zero-order valence-corrected chi connectivity index (χ0v) is 11.8. The fourth-order valence-corrected chi connectivity index (χ4v) is 2.77. The summed E-state index contributed by atoms with van der Waals surface area (Å²) in [4.78, 5) is 11.8. The zero-order valence-electron chi connectivity index (χ0n) is 11.8. The SMILES string of the molecule is Nc1ccccc1CCC(=O)NCC1CCCCC1O. The molecule has 1 fully saturated rings. The number of para-hydroxylation sites is 1. The van der Waals surface area contributed by atoms with Gasteiger partial charge < -0.3 is 16.2 Å². The number of aryl methyl sites for hydroxylation is 1. The second-order valence-corrected chi connectivity index (χ2v) is 5.61.